The Morgan fingerprint density at radius 3 is 2.59 bits per heavy atom. The third-order valence-corrected chi connectivity index (χ3v) is 5.05. The highest BCUT2D eigenvalue weighted by Crippen LogP contribution is 2.35. The summed E-state index contributed by atoms with van der Waals surface area (Å²) in [7, 11) is 0. The number of ether oxygens (including phenoxy) is 1. The second-order valence-corrected chi connectivity index (χ2v) is 7.43. The molecule has 0 unspecified atom stereocenters. The number of esters is 1. The highest BCUT2D eigenvalue weighted by Gasteiger charge is 2.16. The molecule has 0 saturated carbocycles. The third-order valence-electron chi connectivity index (χ3n) is 4.03. The van der Waals surface area contributed by atoms with Crippen molar-refractivity contribution in [2.75, 3.05) is 0 Å². The van der Waals surface area contributed by atoms with Crippen LogP contribution in [0.4, 0.5) is 0 Å². The Hall–Kier alpha value is -2.89. The molecule has 0 fully saturated rings. The fourth-order valence-corrected chi connectivity index (χ4v) is 3.64. The Morgan fingerprint density at radius 2 is 1.85 bits per heavy atom. The molecule has 0 atom stereocenters. The smallest absolute Gasteiger partial charge is 0.396 e. The fourth-order valence-electron chi connectivity index (χ4n) is 2.79. The number of hydrogen-bond acceptors (Lipinski definition) is 5. The number of rotatable bonds is 3. The number of carbonyl (C=O) groups is 1. The van der Waals surface area contributed by atoms with Crippen molar-refractivity contribution in [1.82, 2.24) is 0 Å². The highest BCUT2D eigenvalue weighted by atomic mass is 35.5. The van der Waals surface area contributed by atoms with Crippen LogP contribution in [0, 0.1) is 6.92 Å². The van der Waals surface area contributed by atoms with Crippen LogP contribution in [-0.4, -0.2) is 5.97 Å². The van der Waals surface area contributed by atoms with Crippen LogP contribution in [0.15, 0.2) is 69.9 Å². The summed E-state index contributed by atoms with van der Waals surface area (Å²) in [5, 5.41) is 0.540. The lowest BCUT2D eigenvalue weighted by Gasteiger charge is -2.08. The van der Waals surface area contributed by atoms with E-state index in [1.165, 1.54) is 0 Å². The first kappa shape index (κ1) is 17.5. The summed E-state index contributed by atoms with van der Waals surface area (Å²) in [5.74, 6) is -0.159. The molecule has 4 nitrogen and oxygen atoms in total. The van der Waals surface area contributed by atoms with Gasteiger partial charge in [-0.3, -0.25) is 0 Å². The zero-order chi connectivity index (χ0) is 19.0. The van der Waals surface area contributed by atoms with Gasteiger partial charge >= 0.3 is 10.9 Å². The highest BCUT2D eigenvalue weighted by molar-refractivity contribution is 7.16. The number of benzene rings is 3. The zero-order valence-corrected chi connectivity index (χ0v) is 15.8. The minimum absolute atomic E-state index is 0.344. The quantitative estimate of drug-likeness (QED) is 0.329. The average molecular weight is 397 g/mol. The third kappa shape index (κ3) is 3.65. The Kier molecular flexibility index (Phi) is 4.56. The molecule has 0 saturated heterocycles. The molecule has 6 heteroatoms. The van der Waals surface area contributed by atoms with Crippen molar-refractivity contribution in [1.29, 1.82) is 0 Å². The molecule has 0 aliphatic heterocycles. The fraction of sp³-hybridized carbons (Fsp3) is 0.0476. The predicted molar refractivity (Wildman–Crippen MR) is 107 cm³/mol. The number of carbonyl (C=O) groups excluding carboxylic acids is 1. The minimum Gasteiger partial charge on any atom is -0.423 e. The maximum Gasteiger partial charge on any atom is 0.396 e. The van der Waals surface area contributed by atoms with Crippen LogP contribution in [0.25, 0.3) is 21.4 Å². The van der Waals surface area contributed by atoms with Crippen LogP contribution < -0.4 is 9.68 Å². The molecule has 27 heavy (non-hydrogen) atoms. The monoisotopic (exact) mass is 396 g/mol. The predicted octanol–water partition coefficient (Wildman–Crippen LogP) is 5.70. The zero-order valence-electron chi connectivity index (χ0n) is 14.2. The molecular weight excluding hydrogens is 384 g/mol. The number of hydrogen-bond donors (Lipinski definition) is 0. The van der Waals surface area contributed by atoms with Crippen LogP contribution in [0.3, 0.4) is 0 Å². The van der Waals surface area contributed by atoms with E-state index in [9.17, 15) is 9.59 Å². The largest absolute Gasteiger partial charge is 0.423 e. The van der Waals surface area contributed by atoms with E-state index in [1.54, 1.807) is 36.4 Å². The molecule has 1 aromatic heterocycles. The van der Waals surface area contributed by atoms with Gasteiger partial charge in [-0.15, -0.1) is 0 Å². The second-order valence-electron chi connectivity index (χ2n) is 6.02. The van der Waals surface area contributed by atoms with Crippen LogP contribution in [-0.2, 0) is 0 Å². The normalized spacial score (nSPS) is 10.9. The van der Waals surface area contributed by atoms with E-state index in [4.69, 9.17) is 20.8 Å². The van der Waals surface area contributed by atoms with Crippen molar-refractivity contribution in [2.24, 2.45) is 0 Å². The van der Waals surface area contributed by atoms with Gasteiger partial charge < -0.3 is 9.15 Å². The van der Waals surface area contributed by atoms with Gasteiger partial charge in [0, 0.05) is 16.7 Å². The first-order valence-electron chi connectivity index (χ1n) is 8.12. The van der Waals surface area contributed by atoms with Crippen molar-refractivity contribution < 1.29 is 13.9 Å². The SMILES string of the molecule is Cc1cccc(-c2cc(OC(=O)c3ccc(Cl)cc3)cc3sc(=O)oc23)c1. The van der Waals surface area contributed by atoms with E-state index in [-0.39, 0.29) is 0 Å². The molecule has 0 bridgehead atoms. The van der Waals surface area contributed by atoms with Crippen molar-refractivity contribution in [3.8, 4) is 16.9 Å². The molecule has 3 aromatic carbocycles. The van der Waals surface area contributed by atoms with Gasteiger partial charge in [0.15, 0.2) is 5.58 Å². The van der Waals surface area contributed by atoms with E-state index in [1.807, 2.05) is 31.2 Å². The lowest BCUT2D eigenvalue weighted by molar-refractivity contribution is 0.0735. The van der Waals surface area contributed by atoms with E-state index in [0.29, 0.717) is 32.2 Å². The van der Waals surface area contributed by atoms with Crippen LogP contribution in [0.5, 0.6) is 5.75 Å². The van der Waals surface area contributed by atoms with Gasteiger partial charge in [-0.05, 0) is 42.8 Å². The lowest BCUT2D eigenvalue weighted by Crippen LogP contribution is -2.08. The van der Waals surface area contributed by atoms with Gasteiger partial charge in [0.1, 0.15) is 5.75 Å². The molecule has 0 N–H and O–H groups in total. The summed E-state index contributed by atoms with van der Waals surface area (Å²) in [6, 6.07) is 17.6. The van der Waals surface area contributed by atoms with Crippen molar-refractivity contribution in [3.63, 3.8) is 0 Å². The van der Waals surface area contributed by atoms with E-state index in [0.717, 1.165) is 22.5 Å². The topological polar surface area (TPSA) is 56.5 Å². The summed E-state index contributed by atoms with van der Waals surface area (Å²) < 4.78 is 11.5. The average Bonchev–Trinajstić information content (AvgIpc) is 3.01. The molecule has 134 valence electrons. The van der Waals surface area contributed by atoms with Gasteiger partial charge in [-0.2, -0.15) is 0 Å². The molecule has 0 amide bonds. The molecule has 1 heterocycles. The molecule has 0 aliphatic carbocycles. The van der Waals surface area contributed by atoms with Crippen molar-refractivity contribution >= 4 is 39.2 Å². The molecule has 0 radical (unpaired) electrons. The molecular formula is C21H13ClO4S. The standard InChI is InChI=1S/C21H13ClO4S/c1-12-3-2-4-14(9-12)17-10-16(11-18-19(17)26-21(24)27-18)25-20(23)13-5-7-15(22)8-6-13/h2-11H,1H3. The van der Waals surface area contributed by atoms with E-state index >= 15 is 0 Å². The van der Waals surface area contributed by atoms with Crippen LogP contribution in [0.2, 0.25) is 5.02 Å². The molecule has 0 aliphatic rings. The maximum absolute atomic E-state index is 12.4. The van der Waals surface area contributed by atoms with Gasteiger partial charge in [0.05, 0.1) is 10.3 Å². The molecule has 4 aromatic rings. The molecule has 0 spiro atoms. The number of aryl methyl sites for hydroxylation is 1. The lowest BCUT2D eigenvalue weighted by atomic mass is 10.0. The first-order chi connectivity index (χ1) is 13.0. The van der Waals surface area contributed by atoms with Crippen LogP contribution >= 0.6 is 22.9 Å². The van der Waals surface area contributed by atoms with Crippen LogP contribution in [0.1, 0.15) is 15.9 Å². The van der Waals surface area contributed by atoms with E-state index in [2.05, 4.69) is 0 Å². The van der Waals surface area contributed by atoms with Crippen molar-refractivity contribution in [2.45, 2.75) is 6.92 Å². The Morgan fingerprint density at radius 1 is 1.07 bits per heavy atom. The van der Waals surface area contributed by atoms with Crippen molar-refractivity contribution in [3.05, 3.63) is 86.5 Å². The van der Waals surface area contributed by atoms with E-state index < -0.39 is 10.9 Å². The summed E-state index contributed by atoms with van der Waals surface area (Å²) in [5.41, 5.74) is 3.53. The summed E-state index contributed by atoms with van der Waals surface area (Å²) in [4.78, 5) is 23.8. The van der Waals surface area contributed by atoms with Gasteiger partial charge in [0.25, 0.3) is 0 Å². The Balaban J connectivity index is 1.78. The maximum atomic E-state index is 12.4. The second kappa shape index (κ2) is 7.02. The van der Waals surface area contributed by atoms with Gasteiger partial charge in [0.2, 0.25) is 0 Å². The van der Waals surface area contributed by atoms with Gasteiger partial charge in [-0.25, -0.2) is 9.59 Å². The number of fused-ring (bicyclic) bond motifs is 1. The summed E-state index contributed by atoms with van der Waals surface area (Å²) in [6.45, 7) is 1.98. The van der Waals surface area contributed by atoms with Gasteiger partial charge in [-0.1, -0.05) is 52.8 Å². The minimum atomic E-state index is -0.503. The first-order valence-corrected chi connectivity index (χ1v) is 9.31. The Bertz CT molecular complexity index is 1210. The number of halogens is 1. The molecule has 4 rings (SSSR count). The Labute approximate surface area is 163 Å². The summed E-state index contributed by atoms with van der Waals surface area (Å²) in [6.07, 6.45) is 0. The summed E-state index contributed by atoms with van der Waals surface area (Å²) >= 11 is 6.83.